The van der Waals surface area contributed by atoms with Crippen LogP contribution in [0.3, 0.4) is 0 Å². The number of unbranched alkanes of at least 4 members (excludes halogenated alkanes) is 1. The summed E-state index contributed by atoms with van der Waals surface area (Å²) in [6.45, 7) is 4.51. The fourth-order valence-electron chi connectivity index (χ4n) is 5.33. The van der Waals surface area contributed by atoms with Crippen molar-refractivity contribution in [1.82, 2.24) is 9.47 Å². The van der Waals surface area contributed by atoms with Crippen LogP contribution in [0.15, 0.2) is 85.1 Å². The van der Waals surface area contributed by atoms with Crippen molar-refractivity contribution in [3.8, 4) is 17.2 Å². The van der Waals surface area contributed by atoms with Gasteiger partial charge in [0.25, 0.3) is 5.91 Å². The number of nitrogens with zero attached hydrogens (tertiary/aromatic N) is 3. The molecule has 206 valence electrons. The van der Waals surface area contributed by atoms with Gasteiger partial charge in [0.05, 0.1) is 31.3 Å². The molecule has 5 rings (SSSR count). The fourth-order valence-corrected chi connectivity index (χ4v) is 5.33. The normalized spacial score (nSPS) is 13.8. The van der Waals surface area contributed by atoms with Crippen LogP contribution in [-0.4, -0.2) is 48.6 Å². The molecule has 7 heteroatoms. The van der Waals surface area contributed by atoms with Gasteiger partial charge in [-0.25, -0.2) is 0 Å². The molecule has 0 saturated carbocycles. The van der Waals surface area contributed by atoms with E-state index in [1.807, 2.05) is 96.9 Å². The number of amides is 2. The summed E-state index contributed by atoms with van der Waals surface area (Å²) >= 11 is 0. The third-order valence-electron chi connectivity index (χ3n) is 7.41. The van der Waals surface area contributed by atoms with Crippen LogP contribution >= 0.6 is 0 Å². The highest BCUT2D eigenvalue weighted by Gasteiger charge is 2.38. The maximum Gasteiger partial charge on any atom is 0.254 e. The zero-order chi connectivity index (χ0) is 28.2. The van der Waals surface area contributed by atoms with Gasteiger partial charge in [-0.15, -0.1) is 0 Å². The predicted octanol–water partition coefficient (Wildman–Crippen LogP) is 6.18. The SMILES string of the molecule is CCCCN(CC(=O)N1c2ccccc2-n2cccc2C1c1cc(OC)ccc1OC)C(=O)c1ccc(C)cc1. The highest BCUT2D eigenvalue weighted by Crippen LogP contribution is 2.45. The number of rotatable bonds is 9. The third kappa shape index (κ3) is 5.07. The van der Waals surface area contributed by atoms with Crippen molar-refractivity contribution in [2.45, 2.75) is 32.7 Å². The zero-order valence-electron chi connectivity index (χ0n) is 23.5. The number of aromatic nitrogens is 1. The molecule has 1 aromatic heterocycles. The molecule has 0 bridgehead atoms. The molecule has 7 nitrogen and oxygen atoms in total. The van der Waals surface area contributed by atoms with Crippen LogP contribution in [0.25, 0.3) is 5.69 Å². The lowest BCUT2D eigenvalue weighted by Crippen LogP contribution is -2.47. The second kappa shape index (κ2) is 11.7. The second-order valence-corrected chi connectivity index (χ2v) is 10.0. The number of anilines is 1. The fraction of sp³-hybridized carbons (Fsp3) is 0.273. The number of para-hydroxylation sites is 2. The molecule has 4 aromatic rings. The summed E-state index contributed by atoms with van der Waals surface area (Å²) in [5.74, 6) is 0.992. The molecule has 0 fully saturated rings. The number of ether oxygens (including phenoxy) is 2. The summed E-state index contributed by atoms with van der Waals surface area (Å²) in [5.41, 5.74) is 5.05. The van der Waals surface area contributed by atoms with Gasteiger partial charge in [0, 0.05) is 23.9 Å². The van der Waals surface area contributed by atoms with E-state index in [0.717, 1.165) is 41.0 Å². The van der Waals surface area contributed by atoms with Gasteiger partial charge in [-0.3, -0.25) is 14.5 Å². The van der Waals surface area contributed by atoms with Crippen LogP contribution < -0.4 is 14.4 Å². The summed E-state index contributed by atoms with van der Waals surface area (Å²) in [7, 11) is 3.25. The van der Waals surface area contributed by atoms with E-state index in [2.05, 4.69) is 11.5 Å². The van der Waals surface area contributed by atoms with Gasteiger partial charge in [-0.1, -0.05) is 43.2 Å². The Bertz CT molecular complexity index is 1510. The minimum Gasteiger partial charge on any atom is -0.497 e. The Morgan fingerprint density at radius 2 is 1.65 bits per heavy atom. The highest BCUT2D eigenvalue weighted by molar-refractivity contribution is 6.02. The van der Waals surface area contributed by atoms with Crippen molar-refractivity contribution in [1.29, 1.82) is 0 Å². The number of fused-ring (bicyclic) bond motifs is 3. The number of hydrogen-bond acceptors (Lipinski definition) is 4. The lowest BCUT2D eigenvalue weighted by atomic mass is 9.96. The molecule has 1 aliphatic rings. The summed E-state index contributed by atoms with van der Waals surface area (Å²) in [6.07, 6.45) is 3.72. The molecule has 2 heterocycles. The summed E-state index contributed by atoms with van der Waals surface area (Å²) in [4.78, 5) is 31.6. The largest absolute Gasteiger partial charge is 0.497 e. The van der Waals surface area contributed by atoms with Gasteiger partial charge >= 0.3 is 0 Å². The Morgan fingerprint density at radius 1 is 0.900 bits per heavy atom. The number of carbonyl (C=O) groups is 2. The van der Waals surface area contributed by atoms with Gasteiger partial charge in [-0.2, -0.15) is 0 Å². The highest BCUT2D eigenvalue weighted by atomic mass is 16.5. The predicted molar refractivity (Wildman–Crippen MR) is 157 cm³/mol. The molecule has 1 aliphatic heterocycles. The van der Waals surface area contributed by atoms with Crippen molar-refractivity contribution in [3.05, 3.63) is 107 Å². The molecule has 40 heavy (non-hydrogen) atoms. The molecular weight excluding hydrogens is 502 g/mol. The van der Waals surface area contributed by atoms with Crippen LogP contribution in [0.4, 0.5) is 5.69 Å². The van der Waals surface area contributed by atoms with Crippen molar-refractivity contribution in [3.63, 3.8) is 0 Å². The van der Waals surface area contributed by atoms with Crippen molar-refractivity contribution < 1.29 is 19.1 Å². The maximum absolute atomic E-state index is 14.4. The van der Waals surface area contributed by atoms with Crippen molar-refractivity contribution in [2.75, 3.05) is 32.2 Å². The summed E-state index contributed by atoms with van der Waals surface area (Å²) in [5, 5.41) is 0. The Kier molecular flexibility index (Phi) is 7.91. The Morgan fingerprint density at radius 3 is 2.35 bits per heavy atom. The van der Waals surface area contributed by atoms with Crippen LogP contribution in [0, 0.1) is 6.92 Å². The Labute approximate surface area is 235 Å². The third-order valence-corrected chi connectivity index (χ3v) is 7.41. The van der Waals surface area contributed by atoms with E-state index in [9.17, 15) is 9.59 Å². The summed E-state index contributed by atoms with van der Waals surface area (Å²) in [6, 6.07) is 24.5. The molecule has 0 aliphatic carbocycles. The minimum atomic E-state index is -0.495. The van der Waals surface area contributed by atoms with E-state index in [-0.39, 0.29) is 18.4 Å². The molecule has 0 N–H and O–H groups in total. The molecule has 3 aromatic carbocycles. The van der Waals surface area contributed by atoms with E-state index < -0.39 is 6.04 Å². The number of aryl methyl sites for hydroxylation is 1. The number of hydrogen-bond donors (Lipinski definition) is 0. The first-order chi connectivity index (χ1) is 19.5. The number of carbonyl (C=O) groups excluding carboxylic acids is 2. The molecule has 0 saturated heterocycles. The lowest BCUT2D eigenvalue weighted by Gasteiger charge is -2.40. The van der Waals surface area contributed by atoms with Crippen LogP contribution in [0.5, 0.6) is 11.5 Å². The van der Waals surface area contributed by atoms with E-state index in [0.29, 0.717) is 23.6 Å². The molecular formula is C33H35N3O4. The molecule has 0 radical (unpaired) electrons. The quantitative estimate of drug-likeness (QED) is 0.256. The first-order valence-corrected chi connectivity index (χ1v) is 13.6. The summed E-state index contributed by atoms with van der Waals surface area (Å²) < 4.78 is 13.4. The number of benzene rings is 3. The smallest absolute Gasteiger partial charge is 0.254 e. The van der Waals surface area contributed by atoms with Crippen LogP contribution in [-0.2, 0) is 4.79 Å². The monoisotopic (exact) mass is 537 g/mol. The number of methoxy groups -OCH3 is 2. The average molecular weight is 538 g/mol. The second-order valence-electron chi connectivity index (χ2n) is 10.0. The van der Waals surface area contributed by atoms with Gasteiger partial charge < -0.3 is 18.9 Å². The van der Waals surface area contributed by atoms with E-state index in [1.54, 1.807) is 19.1 Å². The minimum absolute atomic E-state index is 0.0511. The first-order valence-electron chi connectivity index (χ1n) is 13.6. The molecule has 1 atom stereocenters. The topological polar surface area (TPSA) is 64.0 Å². The van der Waals surface area contributed by atoms with Crippen molar-refractivity contribution in [2.24, 2.45) is 0 Å². The van der Waals surface area contributed by atoms with Crippen LogP contribution in [0.1, 0.15) is 53.0 Å². The van der Waals surface area contributed by atoms with Gasteiger partial charge in [0.1, 0.15) is 24.1 Å². The first kappa shape index (κ1) is 27.1. The van der Waals surface area contributed by atoms with Gasteiger partial charge in [0.2, 0.25) is 5.91 Å². The Hall–Kier alpha value is -4.52. The maximum atomic E-state index is 14.4. The van der Waals surface area contributed by atoms with Gasteiger partial charge in [0.15, 0.2) is 0 Å². The lowest BCUT2D eigenvalue weighted by molar-refractivity contribution is -0.119. The van der Waals surface area contributed by atoms with Crippen LogP contribution in [0.2, 0.25) is 0 Å². The van der Waals surface area contributed by atoms with Gasteiger partial charge in [-0.05, 0) is 67.9 Å². The average Bonchev–Trinajstić information content (AvgIpc) is 3.48. The zero-order valence-corrected chi connectivity index (χ0v) is 23.5. The molecule has 1 unspecified atom stereocenters. The Balaban J connectivity index is 1.60. The molecule has 0 spiro atoms. The van der Waals surface area contributed by atoms with E-state index in [1.165, 1.54) is 0 Å². The van der Waals surface area contributed by atoms with E-state index in [4.69, 9.17) is 9.47 Å². The van der Waals surface area contributed by atoms with Crippen molar-refractivity contribution >= 4 is 17.5 Å². The standard InChI is InChI=1S/C33H35N3O4/c1-5-6-19-34(33(38)24-15-13-23(2)14-16-24)22-31(37)36-28-11-8-7-10-27(28)35-20-9-12-29(35)32(36)26-21-25(39-3)17-18-30(26)40-4/h7-18,20-21,32H,5-6,19,22H2,1-4H3. The van der Waals surface area contributed by atoms with E-state index >= 15 is 0 Å². The molecule has 2 amide bonds.